The largest absolute Gasteiger partial charge is 0.485 e. The molecule has 3 rings (SSSR count). The van der Waals surface area contributed by atoms with Crippen LogP contribution >= 0.6 is 0 Å². The van der Waals surface area contributed by atoms with Crippen LogP contribution in [0.4, 0.5) is 0 Å². The molecule has 24 heavy (non-hydrogen) atoms. The highest BCUT2D eigenvalue weighted by Gasteiger charge is 2.16. The van der Waals surface area contributed by atoms with Crippen molar-refractivity contribution in [2.24, 2.45) is 0 Å². The summed E-state index contributed by atoms with van der Waals surface area (Å²) >= 11 is 0. The summed E-state index contributed by atoms with van der Waals surface area (Å²) in [5.41, 5.74) is 2.84. The first-order valence-electron chi connectivity index (χ1n) is 7.52. The van der Waals surface area contributed by atoms with Gasteiger partial charge in [-0.05, 0) is 37.3 Å². The zero-order valence-electron chi connectivity index (χ0n) is 13.5. The molecule has 0 saturated heterocycles. The van der Waals surface area contributed by atoms with Crippen LogP contribution < -0.4 is 4.74 Å². The number of hydrogen-bond acceptors (Lipinski definition) is 4. The number of ketones is 1. The highest BCUT2D eigenvalue weighted by atomic mass is 16.5. The number of Topliss-reactive ketones (excluding diaryl/α,β-unsaturated/α-hetero) is 1. The molecule has 0 atom stereocenters. The SMILES string of the molecule is COC(=O)c1ccc(OCC(=O)c2c(C)[nH]c3ccccc23)cc1. The van der Waals surface area contributed by atoms with Gasteiger partial charge in [0.25, 0.3) is 0 Å². The second kappa shape index (κ2) is 6.58. The number of aromatic amines is 1. The summed E-state index contributed by atoms with van der Waals surface area (Å²) in [7, 11) is 1.33. The number of hydrogen-bond donors (Lipinski definition) is 1. The van der Waals surface area contributed by atoms with Gasteiger partial charge in [0.15, 0.2) is 6.61 Å². The van der Waals surface area contributed by atoms with Gasteiger partial charge < -0.3 is 14.5 Å². The van der Waals surface area contributed by atoms with E-state index >= 15 is 0 Å². The average Bonchev–Trinajstić information content (AvgIpc) is 2.95. The molecule has 3 aromatic rings. The number of rotatable bonds is 5. The van der Waals surface area contributed by atoms with E-state index in [1.165, 1.54) is 7.11 Å². The first-order valence-corrected chi connectivity index (χ1v) is 7.52. The molecule has 0 aliphatic heterocycles. The van der Waals surface area contributed by atoms with Crippen molar-refractivity contribution >= 4 is 22.7 Å². The molecule has 2 aromatic carbocycles. The highest BCUT2D eigenvalue weighted by Crippen LogP contribution is 2.22. The quantitative estimate of drug-likeness (QED) is 0.576. The lowest BCUT2D eigenvalue weighted by molar-refractivity contribution is 0.0600. The number of nitrogens with one attached hydrogen (secondary N) is 1. The van der Waals surface area contributed by atoms with Crippen LogP contribution in [0.25, 0.3) is 10.9 Å². The Kier molecular flexibility index (Phi) is 4.33. The van der Waals surface area contributed by atoms with Crippen molar-refractivity contribution in [1.29, 1.82) is 0 Å². The van der Waals surface area contributed by atoms with E-state index in [1.807, 2.05) is 31.2 Å². The van der Waals surface area contributed by atoms with Crippen molar-refractivity contribution in [2.75, 3.05) is 13.7 Å². The maximum absolute atomic E-state index is 12.5. The van der Waals surface area contributed by atoms with Gasteiger partial charge in [-0.25, -0.2) is 4.79 Å². The summed E-state index contributed by atoms with van der Waals surface area (Å²) < 4.78 is 10.2. The van der Waals surface area contributed by atoms with E-state index in [9.17, 15) is 9.59 Å². The van der Waals surface area contributed by atoms with Crippen LogP contribution in [0, 0.1) is 6.92 Å². The summed E-state index contributed by atoms with van der Waals surface area (Å²) in [6, 6.07) is 14.2. The third kappa shape index (κ3) is 3.01. The Bertz CT molecular complexity index is 893. The molecule has 0 saturated carbocycles. The number of methoxy groups -OCH3 is 1. The van der Waals surface area contributed by atoms with Crippen LogP contribution in [-0.4, -0.2) is 30.5 Å². The Morgan fingerprint density at radius 1 is 1.04 bits per heavy atom. The molecule has 5 heteroatoms. The Labute approximate surface area is 139 Å². The molecular formula is C19H17NO4. The Morgan fingerprint density at radius 3 is 2.46 bits per heavy atom. The van der Waals surface area contributed by atoms with Gasteiger partial charge in [-0.15, -0.1) is 0 Å². The van der Waals surface area contributed by atoms with Crippen LogP contribution in [0.5, 0.6) is 5.75 Å². The fraction of sp³-hybridized carbons (Fsp3) is 0.158. The molecular weight excluding hydrogens is 306 g/mol. The number of fused-ring (bicyclic) bond motifs is 1. The molecule has 1 heterocycles. The molecule has 0 aliphatic carbocycles. The number of ether oxygens (including phenoxy) is 2. The second-order valence-electron chi connectivity index (χ2n) is 5.40. The number of carbonyl (C=O) groups excluding carboxylic acids is 2. The smallest absolute Gasteiger partial charge is 0.337 e. The molecule has 1 aromatic heterocycles. The molecule has 0 bridgehead atoms. The van der Waals surface area contributed by atoms with Crippen LogP contribution in [0.2, 0.25) is 0 Å². The van der Waals surface area contributed by atoms with Crippen LogP contribution in [0.15, 0.2) is 48.5 Å². The molecule has 0 spiro atoms. The maximum atomic E-state index is 12.5. The Balaban J connectivity index is 1.73. The summed E-state index contributed by atoms with van der Waals surface area (Å²) in [4.78, 5) is 27.1. The monoisotopic (exact) mass is 323 g/mol. The highest BCUT2D eigenvalue weighted by molar-refractivity contribution is 6.09. The molecule has 0 radical (unpaired) electrons. The second-order valence-corrected chi connectivity index (χ2v) is 5.40. The van der Waals surface area contributed by atoms with Gasteiger partial charge in [-0.2, -0.15) is 0 Å². The van der Waals surface area contributed by atoms with Crippen molar-refractivity contribution in [3.05, 3.63) is 65.4 Å². The van der Waals surface area contributed by atoms with Crippen LogP contribution in [-0.2, 0) is 4.74 Å². The van der Waals surface area contributed by atoms with E-state index in [0.29, 0.717) is 16.9 Å². The van der Waals surface area contributed by atoms with Gasteiger partial charge >= 0.3 is 5.97 Å². The predicted octanol–water partition coefficient (Wildman–Crippen LogP) is 3.52. The van der Waals surface area contributed by atoms with Crippen molar-refractivity contribution in [3.8, 4) is 5.75 Å². The summed E-state index contributed by atoms with van der Waals surface area (Å²) in [6.45, 7) is 1.80. The third-order valence-corrected chi connectivity index (χ3v) is 3.82. The molecule has 0 unspecified atom stereocenters. The van der Waals surface area contributed by atoms with Gasteiger partial charge in [0, 0.05) is 22.2 Å². The molecule has 5 nitrogen and oxygen atoms in total. The lowest BCUT2D eigenvalue weighted by Gasteiger charge is -2.06. The Morgan fingerprint density at radius 2 is 1.75 bits per heavy atom. The van der Waals surface area contributed by atoms with E-state index in [4.69, 9.17) is 4.74 Å². The van der Waals surface area contributed by atoms with Crippen molar-refractivity contribution in [3.63, 3.8) is 0 Å². The predicted molar refractivity (Wildman–Crippen MR) is 90.6 cm³/mol. The minimum Gasteiger partial charge on any atom is -0.485 e. The zero-order chi connectivity index (χ0) is 17.1. The van der Waals surface area contributed by atoms with Crippen molar-refractivity contribution < 1.29 is 19.1 Å². The first kappa shape index (κ1) is 15.8. The normalized spacial score (nSPS) is 10.6. The van der Waals surface area contributed by atoms with Crippen LogP contribution in [0.1, 0.15) is 26.4 Å². The van der Waals surface area contributed by atoms with Crippen LogP contribution in [0.3, 0.4) is 0 Å². The van der Waals surface area contributed by atoms with E-state index in [2.05, 4.69) is 9.72 Å². The summed E-state index contributed by atoms with van der Waals surface area (Å²) in [5, 5.41) is 0.893. The van der Waals surface area contributed by atoms with Gasteiger partial charge in [-0.3, -0.25) is 4.79 Å². The first-order chi connectivity index (χ1) is 11.6. The standard InChI is InChI=1S/C19H17NO4/c1-12-18(15-5-3-4-6-16(15)20-12)17(21)11-24-14-9-7-13(8-10-14)19(22)23-2/h3-10,20H,11H2,1-2H3. The summed E-state index contributed by atoms with van der Waals surface area (Å²) in [6.07, 6.45) is 0. The Hall–Kier alpha value is -3.08. The molecule has 122 valence electrons. The summed E-state index contributed by atoms with van der Waals surface area (Å²) in [5.74, 6) is 0.0162. The fourth-order valence-electron chi connectivity index (χ4n) is 2.66. The third-order valence-electron chi connectivity index (χ3n) is 3.82. The zero-order valence-corrected chi connectivity index (χ0v) is 13.5. The van der Waals surface area contributed by atoms with E-state index in [1.54, 1.807) is 24.3 Å². The number of aromatic nitrogens is 1. The topological polar surface area (TPSA) is 68.4 Å². The minimum atomic E-state index is -0.410. The number of benzene rings is 2. The lowest BCUT2D eigenvalue weighted by Crippen LogP contribution is -2.12. The van der Waals surface area contributed by atoms with Gasteiger partial charge in [0.1, 0.15) is 5.75 Å². The number of H-pyrrole nitrogens is 1. The molecule has 0 fully saturated rings. The molecule has 0 amide bonds. The van der Waals surface area contributed by atoms with E-state index in [0.717, 1.165) is 16.6 Å². The fourth-order valence-corrected chi connectivity index (χ4v) is 2.66. The van der Waals surface area contributed by atoms with Gasteiger partial charge in [-0.1, -0.05) is 18.2 Å². The van der Waals surface area contributed by atoms with Gasteiger partial charge in [0.2, 0.25) is 5.78 Å². The number of aryl methyl sites for hydroxylation is 1. The van der Waals surface area contributed by atoms with Crippen molar-refractivity contribution in [1.82, 2.24) is 4.98 Å². The molecule has 0 aliphatic rings. The van der Waals surface area contributed by atoms with E-state index in [-0.39, 0.29) is 12.4 Å². The average molecular weight is 323 g/mol. The molecule has 1 N–H and O–H groups in total. The van der Waals surface area contributed by atoms with Crippen molar-refractivity contribution in [2.45, 2.75) is 6.92 Å². The number of para-hydroxylation sites is 1. The maximum Gasteiger partial charge on any atom is 0.337 e. The minimum absolute atomic E-state index is 0.0692. The number of carbonyl (C=O) groups is 2. The van der Waals surface area contributed by atoms with E-state index < -0.39 is 5.97 Å². The lowest BCUT2D eigenvalue weighted by atomic mass is 10.1. The number of esters is 1. The van der Waals surface area contributed by atoms with Gasteiger partial charge in [0.05, 0.1) is 12.7 Å².